The van der Waals surface area contributed by atoms with Gasteiger partial charge in [-0.15, -0.1) is 0 Å². The standard InChI is InChI=1S/C14H26N4/c1-5-7-10-16-14(15-6-2)18(4)12-13-9-8-11-17(13)3/h8-9,11H,5-7,10,12H2,1-4H3,(H,15,16). The summed E-state index contributed by atoms with van der Waals surface area (Å²) in [5.41, 5.74) is 1.29. The van der Waals surface area contributed by atoms with Crippen LogP contribution in [0.5, 0.6) is 0 Å². The molecule has 0 amide bonds. The van der Waals surface area contributed by atoms with Crippen molar-refractivity contribution in [1.82, 2.24) is 14.8 Å². The maximum absolute atomic E-state index is 4.64. The van der Waals surface area contributed by atoms with Crippen LogP contribution in [0.1, 0.15) is 32.4 Å². The van der Waals surface area contributed by atoms with E-state index in [1.807, 2.05) is 0 Å². The van der Waals surface area contributed by atoms with Crippen molar-refractivity contribution >= 4 is 5.96 Å². The number of hydrogen-bond donors (Lipinski definition) is 1. The first-order chi connectivity index (χ1) is 8.69. The highest BCUT2D eigenvalue weighted by molar-refractivity contribution is 5.79. The number of aromatic nitrogens is 1. The van der Waals surface area contributed by atoms with Gasteiger partial charge in [-0.1, -0.05) is 13.3 Å². The molecule has 1 rings (SSSR count). The van der Waals surface area contributed by atoms with Crippen molar-refractivity contribution in [2.24, 2.45) is 12.0 Å². The molecule has 0 aliphatic carbocycles. The molecule has 1 N–H and O–H groups in total. The highest BCUT2D eigenvalue weighted by Gasteiger charge is 2.07. The van der Waals surface area contributed by atoms with Gasteiger partial charge in [0, 0.05) is 39.1 Å². The number of unbranched alkanes of at least 4 members (excludes halogenated alkanes) is 1. The normalized spacial score (nSPS) is 11.7. The molecular weight excluding hydrogens is 224 g/mol. The van der Waals surface area contributed by atoms with Crippen molar-refractivity contribution in [1.29, 1.82) is 0 Å². The second kappa shape index (κ2) is 7.80. The monoisotopic (exact) mass is 250 g/mol. The zero-order valence-corrected chi connectivity index (χ0v) is 12.1. The number of aliphatic imine (C=N–C) groups is 1. The van der Waals surface area contributed by atoms with Crippen molar-refractivity contribution in [3.63, 3.8) is 0 Å². The van der Waals surface area contributed by atoms with Crippen molar-refractivity contribution < 1.29 is 0 Å². The summed E-state index contributed by atoms with van der Waals surface area (Å²) in [4.78, 5) is 6.81. The van der Waals surface area contributed by atoms with E-state index in [9.17, 15) is 0 Å². The fourth-order valence-electron chi connectivity index (χ4n) is 1.79. The maximum atomic E-state index is 4.64. The Morgan fingerprint density at radius 1 is 1.44 bits per heavy atom. The van der Waals surface area contributed by atoms with E-state index in [0.29, 0.717) is 0 Å². The highest BCUT2D eigenvalue weighted by Crippen LogP contribution is 2.04. The minimum absolute atomic E-state index is 0.876. The Morgan fingerprint density at radius 3 is 2.78 bits per heavy atom. The average Bonchev–Trinajstić information content (AvgIpc) is 2.74. The summed E-state index contributed by atoms with van der Waals surface area (Å²) in [6, 6.07) is 4.22. The smallest absolute Gasteiger partial charge is 0.194 e. The lowest BCUT2D eigenvalue weighted by atomic mass is 10.3. The molecule has 4 nitrogen and oxygen atoms in total. The van der Waals surface area contributed by atoms with E-state index in [-0.39, 0.29) is 0 Å². The molecule has 0 fully saturated rings. The van der Waals surface area contributed by atoms with E-state index in [1.165, 1.54) is 12.1 Å². The molecule has 102 valence electrons. The molecule has 0 aliphatic rings. The molecule has 1 heterocycles. The van der Waals surface area contributed by atoms with E-state index in [2.05, 4.69) is 66.0 Å². The molecule has 0 aromatic carbocycles. The van der Waals surface area contributed by atoms with Gasteiger partial charge < -0.3 is 14.8 Å². The van der Waals surface area contributed by atoms with Gasteiger partial charge in [-0.25, -0.2) is 0 Å². The van der Waals surface area contributed by atoms with Crippen molar-refractivity contribution in [3.8, 4) is 0 Å². The van der Waals surface area contributed by atoms with Gasteiger partial charge in [0.05, 0.1) is 6.54 Å². The van der Waals surface area contributed by atoms with Crippen LogP contribution in [0, 0.1) is 0 Å². The lowest BCUT2D eigenvalue weighted by molar-refractivity contribution is 0.461. The molecule has 0 bridgehead atoms. The fourth-order valence-corrected chi connectivity index (χ4v) is 1.79. The first kappa shape index (κ1) is 14.6. The zero-order chi connectivity index (χ0) is 13.4. The topological polar surface area (TPSA) is 32.6 Å². The molecule has 1 aromatic rings. The van der Waals surface area contributed by atoms with Crippen LogP contribution in [0.3, 0.4) is 0 Å². The molecule has 18 heavy (non-hydrogen) atoms. The van der Waals surface area contributed by atoms with Crippen LogP contribution < -0.4 is 5.32 Å². The number of aryl methyl sites for hydroxylation is 1. The quantitative estimate of drug-likeness (QED) is 0.477. The third-order valence-corrected chi connectivity index (χ3v) is 2.92. The van der Waals surface area contributed by atoms with E-state index in [1.54, 1.807) is 0 Å². The predicted molar refractivity (Wildman–Crippen MR) is 77.8 cm³/mol. The van der Waals surface area contributed by atoms with Gasteiger partial charge in [0.1, 0.15) is 0 Å². The second-order valence-corrected chi connectivity index (χ2v) is 4.56. The molecular formula is C14H26N4. The molecule has 0 atom stereocenters. The first-order valence-corrected chi connectivity index (χ1v) is 6.78. The van der Waals surface area contributed by atoms with Crippen LogP contribution in [0.2, 0.25) is 0 Å². The van der Waals surface area contributed by atoms with E-state index < -0.39 is 0 Å². The maximum Gasteiger partial charge on any atom is 0.194 e. The fraction of sp³-hybridized carbons (Fsp3) is 0.643. The number of nitrogens with zero attached hydrogens (tertiary/aromatic N) is 3. The molecule has 0 saturated heterocycles. The molecule has 0 unspecified atom stereocenters. The number of nitrogens with one attached hydrogen (secondary N) is 1. The van der Waals surface area contributed by atoms with Crippen molar-refractivity contribution in [2.75, 3.05) is 20.1 Å². The molecule has 1 aromatic heterocycles. The van der Waals surface area contributed by atoms with Gasteiger partial charge in [-0.3, -0.25) is 4.99 Å². The molecule has 0 saturated carbocycles. The highest BCUT2D eigenvalue weighted by atomic mass is 15.3. The Kier molecular flexibility index (Phi) is 6.33. The van der Waals surface area contributed by atoms with Crippen LogP contribution >= 0.6 is 0 Å². The van der Waals surface area contributed by atoms with Gasteiger partial charge in [-0.05, 0) is 25.5 Å². The van der Waals surface area contributed by atoms with Gasteiger partial charge in [0.2, 0.25) is 0 Å². The molecule has 0 radical (unpaired) electrons. The summed E-state index contributed by atoms with van der Waals surface area (Å²) in [5, 5.41) is 3.34. The van der Waals surface area contributed by atoms with Crippen molar-refractivity contribution in [2.45, 2.75) is 33.2 Å². The Morgan fingerprint density at radius 2 is 2.22 bits per heavy atom. The summed E-state index contributed by atoms with van der Waals surface area (Å²) in [6.45, 7) is 6.97. The van der Waals surface area contributed by atoms with Crippen LogP contribution in [0.4, 0.5) is 0 Å². The second-order valence-electron chi connectivity index (χ2n) is 4.56. The molecule has 0 spiro atoms. The summed E-state index contributed by atoms with van der Waals surface area (Å²) < 4.78 is 2.14. The van der Waals surface area contributed by atoms with Gasteiger partial charge >= 0.3 is 0 Å². The van der Waals surface area contributed by atoms with Crippen LogP contribution in [0.25, 0.3) is 0 Å². The lowest BCUT2D eigenvalue weighted by Gasteiger charge is -2.22. The van der Waals surface area contributed by atoms with E-state index >= 15 is 0 Å². The zero-order valence-electron chi connectivity index (χ0n) is 12.1. The Bertz CT molecular complexity index is 368. The minimum atomic E-state index is 0.876. The Balaban J connectivity index is 2.61. The largest absolute Gasteiger partial charge is 0.357 e. The summed E-state index contributed by atoms with van der Waals surface area (Å²) in [5.74, 6) is 0.993. The Labute approximate surface area is 111 Å². The SMILES string of the molecule is CCCCN=C(NCC)N(C)Cc1cccn1C. The Hall–Kier alpha value is -1.45. The van der Waals surface area contributed by atoms with Crippen LogP contribution in [-0.2, 0) is 13.6 Å². The summed E-state index contributed by atoms with van der Waals surface area (Å²) in [7, 11) is 4.16. The number of guanidine groups is 1. The number of rotatable bonds is 6. The molecule has 4 heteroatoms. The molecule has 0 aliphatic heterocycles. The average molecular weight is 250 g/mol. The van der Waals surface area contributed by atoms with Crippen molar-refractivity contribution in [3.05, 3.63) is 24.0 Å². The summed E-state index contributed by atoms with van der Waals surface area (Å²) in [6.07, 6.45) is 4.40. The third-order valence-electron chi connectivity index (χ3n) is 2.92. The lowest BCUT2D eigenvalue weighted by Crippen LogP contribution is -2.38. The summed E-state index contributed by atoms with van der Waals surface area (Å²) >= 11 is 0. The van der Waals surface area contributed by atoms with E-state index in [4.69, 9.17) is 0 Å². The van der Waals surface area contributed by atoms with Gasteiger partial charge in [0.25, 0.3) is 0 Å². The first-order valence-electron chi connectivity index (χ1n) is 6.78. The van der Waals surface area contributed by atoms with E-state index in [0.717, 1.165) is 32.0 Å². The number of hydrogen-bond acceptors (Lipinski definition) is 1. The van der Waals surface area contributed by atoms with Crippen LogP contribution in [0.15, 0.2) is 23.3 Å². The predicted octanol–water partition coefficient (Wildman–Crippen LogP) is 2.22. The minimum Gasteiger partial charge on any atom is -0.357 e. The third kappa shape index (κ3) is 4.43. The van der Waals surface area contributed by atoms with Gasteiger partial charge in [0.15, 0.2) is 5.96 Å². The van der Waals surface area contributed by atoms with Crippen LogP contribution in [-0.4, -0.2) is 35.6 Å². The van der Waals surface area contributed by atoms with Gasteiger partial charge in [-0.2, -0.15) is 0 Å².